The monoisotopic (exact) mass is 370 g/mol. The maximum Gasteiger partial charge on any atom is 0.222 e. The van der Waals surface area contributed by atoms with Gasteiger partial charge in [-0.1, -0.05) is 26.2 Å². The Balaban J connectivity index is 1.69. The van der Waals surface area contributed by atoms with E-state index in [9.17, 15) is 0 Å². The van der Waals surface area contributed by atoms with Crippen molar-refractivity contribution in [3.05, 3.63) is 30.2 Å². The molecule has 1 aliphatic carbocycles. The van der Waals surface area contributed by atoms with Gasteiger partial charge >= 0.3 is 0 Å². The van der Waals surface area contributed by atoms with Crippen LogP contribution in [0, 0.1) is 0 Å². The summed E-state index contributed by atoms with van der Waals surface area (Å²) in [7, 11) is 1.71. The second-order valence-electron chi connectivity index (χ2n) is 6.98. The number of hydrogen-bond donors (Lipinski definition) is 1. The summed E-state index contributed by atoms with van der Waals surface area (Å²) in [5.74, 6) is 2.79. The molecule has 0 radical (unpaired) electrons. The van der Waals surface area contributed by atoms with E-state index in [1.165, 1.54) is 32.1 Å². The zero-order chi connectivity index (χ0) is 18.9. The molecule has 0 aromatic carbocycles. The van der Waals surface area contributed by atoms with E-state index in [2.05, 4.69) is 43.4 Å². The van der Waals surface area contributed by atoms with Crippen molar-refractivity contribution in [2.75, 3.05) is 37.0 Å². The minimum Gasteiger partial charge on any atom is -0.493 e. The van der Waals surface area contributed by atoms with E-state index in [-0.39, 0.29) is 0 Å². The predicted octanol–water partition coefficient (Wildman–Crippen LogP) is 3.65. The summed E-state index contributed by atoms with van der Waals surface area (Å²) in [4.78, 5) is 10.6. The molecule has 3 rings (SSSR count). The smallest absolute Gasteiger partial charge is 0.222 e. The topological polar surface area (TPSA) is 76.1 Å². The van der Waals surface area contributed by atoms with Crippen LogP contribution in [0.1, 0.15) is 57.1 Å². The van der Waals surface area contributed by atoms with Gasteiger partial charge in [-0.2, -0.15) is 5.10 Å². The molecular formula is C20H30N6O. The molecule has 1 N–H and O–H groups in total. The number of anilines is 2. The summed E-state index contributed by atoms with van der Waals surface area (Å²) >= 11 is 0. The van der Waals surface area contributed by atoms with Crippen LogP contribution in [-0.4, -0.2) is 46.9 Å². The highest BCUT2D eigenvalue weighted by molar-refractivity contribution is 5.52. The second kappa shape index (κ2) is 10.0. The van der Waals surface area contributed by atoms with Crippen LogP contribution in [0.2, 0.25) is 0 Å². The number of hydrogen-bond acceptors (Lipinski definition) is 7. The van der Waals surface area contributed by atoms with Crippen LogP contribution in [0.25, 0.3) is 0 Å². The fourth-order valence-corrected chi connectivity index (χ4v) is 3.64. The molecule has 2 heterocycles. The predicted molar refractivity (Wildman–Crippen MR) is 107 cm³/mol. The van der Waals surface area contributed by atoms with E-state index in [4.69, 9.17) is 4.74 Å². The lowest BCUT2D eigenvalue weighted by atomic mass is 9.87. The van der Waals surface area contributed by atoms with Crippen LogP contribution in [0.5, 0.6) is 5.75 Å². The van der Waals surface area contributed by atoms with Gasteiger partial charge < -0.3 is 15.0 Å². The fourth-order valence-electron chi connectivity index (χ4n) is 3.64. The third-order valence-corrected chi connectivity index (χ3v) is 5.03. The maximum atomic E-state index is 5.68. The minimum absolute atomic E-state index is 0.519. The van der Waals surface area contributed by atoms with Crippen LogP contribution in [0.15, 0.2) is 24.5 Å². The zero-order valence-corrected chi connectivity index (χ0v) is 16.4. The summed E-state index contributed by atoms with van der Waals surface area (Å²) in [6.07, 6.45) is 10.8. The van der Waals surface area contributed by atoms with Gasteiger partial charge in [0.1, 0.15) is 0 Å². The molecular weight excluding hydrogens is 340 g/mol. The molecule has 0 aliphatic heterocycles. The average Bonchev–Trinajstić information content (AvgIpc) is 2.74. The summed E-state index contributed by atoms with van der Waals surface area (Å²) in [5.41, 5.74) is 1.07. The molecule has 7 nitrogen and oxygen atoms in total. The molecule has 0 atom stereocenters. The Hall–Kier alpha value is -2.44. The highest BCUT2D eigenvalue weighted by atomic mass is 16.5. The SMILES string of the molecule is CCCN(CCNc1ncccn1)c1nnc(C2CCCCC2)cc1OC. The van der Waals surface area contributed by atoms with Crippen LogP contribution in [0.3, 0.4) is 0 Å². The van der Waals surface area contributed by atoms with Gasteiger partial charge in [-0.15, -0.1) is 5.10 Å². The van der Waals surface area contributed by atoms with Gasteiger partial charge in [-0.05, 0) is 25.3 Å². The molecule has 1 fully saturated rings. The molecule has 0 saturated heterocycles. The largest absolute Gasteiger partial charge is 0.493 e. The lowest BCUT2D eigenvalue weighted by Crippen LogP contribution is -2.31. The summed E-state index contributed by atoms with van der Waals surface area (Å²) in [6.45, 7) is 4.56. The number of ether oxygens (including phenoxy) is 1. The normalized spacial score (nSPS) is 14.7. The number of methoxy groups -OCH3 is 1. The highest BCUT2D eigenvalue weighted by Gasteiger charge is 2.21. The summed E-state index contributed by atoms with van der Waals surface area (Å²) in [5, 5.41) is 12.4. The van der Waals surface area contributed by atoms with Crippen LogP contribution >= 0.6 is 0 Å². The van der Waals surface area contributed by atoms with Crippen molar-refractivity contribution in [2.45, 2.75) is 51.4 Å². The Kier molecular flexibility index (Phi) is 7.19. The highest BCUT2D eigenvalue weighted by Crippen LogP contribution is 2.34. The number of nitrogens with one attached hydrogen (secondary N) is 1. The van der Waals surface area contributed by atoms with E-state index in [0.29, 0.717) is 11.9 Å². The Bertz CT molecular complexity index is 690. The first kappa shape index (κ1) is 19.3. The standard InChI is InChI=1S/C20H30N6O/c1-3-13-26(14-12-23-20-21-10-7-11-22-20)19-18(27-2)15-17(24-25-19)16-8-5-4-6-9-16/h7,10-11,15-16H,3-6,8-9,12-14H2,1-2H3,(H,21,22,23). The van der Waals surface area contributed by atoms with Crippen molar-refractivity contribution in [3.8, 4) is 5.75 Å². The molecule has 0 bridgehead atoms. The maximum absolute atomic E-state index is 5.68. The van der Waals surface area contributed by atoms with Crippen molar-refractivity contribution in [1.82, 2.24) is 20.2 Å². The first-order valence-electron chi connectivity index (χ1n) is 9.99. The van der Waals surface area contributed by atoms with Gasteiger partial charge in [-0.3, -0.25) is 0 Å². The van der Waals surface area contributed by atoms with E-state index < -0.39 is 0 Å². The molecule has 0 unspecified atom stereocenters. The Labute approximate surface area is 161 Å². The van der Waals surface area contributed by atoms with Crippen LogP contribution in [0.4, 0.5) is 11.8 Å². The third-order valence-electron chi connectivity index (χ3n) is 5.03. The van der Waals surface area contributed by atoms with Crippen molar-refractivity contribution < 1.29 is 4.74 Å². The van der Waals surface area contributed by atoms with Gasteiger partial charge in [0.2, 0.25) is 5.95 Å². The molecule has 0 spiro atoms. The molecule has 1 saturated carbocycles. The van der Waals surface area contributed by atoms with Gasteiger partial charge in [0.05, 0.1) is 12.8 Å². The summed E-state index contributed by atoms with van der Waals surface area (Å²) in [6, 6.07) is 3.90. The van der Waals surface area contributed by atoms with Crippen LogP contribution < -0.4 is 15.0 Å². The first-order chi connectivity index (χ1) is 13.3. The van der Waals surface area contributed by atoms with E-state index in [1.807, 2.05) is 6.07 Å². The number of rotatable bonds is 9. The number of nitrogens with zero attached hydrogens (tertiary/aromatic N) is 5. The van der Waals surface area contributed by atoms with Crippen LogP contribution in [-0.2, 0) is 0 Å². The van der Waals surface area contributed by atoms with E-state index in [1.54, 1.807) is 19.5 Å². The van der Waals surface area contributed by atoms with Gasteiger partial charge in [-0.25, -0.2) is 9.97 Å². The Morgan fingerprint density at radius 3 is 2.59 bits per heavy atom. The first-order valence-corrected chi connectivity index (χ1v) is 9.99. The van der Waals surface area contributed by atoms with Gasteiger partial charge in [0, 0.05) is 44.0 Å². The van der Waals surface area contributed by atoms with Crippen molar-refractivity contribution >= 4 is 11.8 Å². The summed E-state index contributed by atoms with van der Waals surface area (Å²) < 4.78 is 5.68. The average molecular weight is 371 g/mol. The van der Waals surface area contributed by atoms with Gasteiger partial charge in [0.15, 0.2) is 11.6 Å². The molecule has 27 heavy (non-hydrogen) atoms. The fraction of sp³-hybridized carbons (Fsp3) is 0.600. The quantitative estimate of drug-likeness (QED) is 0.722. The van der Waals surface area contributed by atoms with Gasteiger partial charge in [0.25, 0.3) is 0 Å². The molecule has 146 valence electrons. The lowest BCUT2D eigenvalue weighted by molar-refractivity contribution is 0.401. The van der Waals surface area contributed by atoms with Crippen molar-refractivity contribution in [3.63, 3.8) is 0 Å². The second-order valence-corrected chi connectivity index (χ2v) is 6.98. The van der Waals surface area contributed by atoms with E-state index >= 15 is 0 Å². The molecule has 2 aromatic rings. The third kappa shape index (κ3) is 5.28. The van der Waals surface area contributed by atoms with Crippen molar-refractivity contribution in [1.29, 1.82) is 0 Å². The molecule has 1 aliphatic rings. The molecule has 0 amide bonds. The Morgan fingerprint density at radius 2 is 1.89 bits per heavy atom. The Morgan fingerprint density at radius 1 is 1.11 bits per heavy atom. The zero-order valence-electron chi connectivity index (χ0n) is 16.4. The van der Waals surface area contributed by atoms with E-state index in [0.717, 1.165) is 43.3 Å². The molecule has 2 aromatic heterocycles. The molecule has 7 heteroatoms. The number of aromatic nitrogens is 4. The lowest BCUT2D eigenvalue weighted by Gasteiger charge is -2.26. The minimum atomic E-state index is 0.519. The van der Waals surface area contributed by atoms with Crippen molar-refractivity contribution in [2.24, 2.45) is 0 Å².